The number of halogens is 2. The summed E-state index contributed by atoms with van der Waals surface area (Å²) in [6.45, 7) is 3.06. The summed E-state index contributed by atoms with van der Waals surface area (Å²) in [5, 5.41) is 3.81. The molecule has 0 aliphatic heterocycles. The van der Waals surface area contributed by atoms with Gasteiger partial charge in [0.1, 0.15) is 5.82 Å². The molecule has 1 N–H and O–H groups in total. The van der Waals surface area contributed by atoms with Gasteiger partial charge in [0.15, 0.2) is 0 Å². The molecule has 1 aromatic carbocycles. The first-order chi connectivity index (χ1) is 9.94. The standard InChI is InChI=1S/C17H26ClFN2/c1-13(14-7-8-16(19)15(18)11-14)20-12-17(21(2)3)9-5-4-6-10-17/h7-8,11,13,20H,4-6,9-10,12H2,1-3H3. The van der Waals surface area contributed by atoms with Gasteiger partial charge in [-0.1, -0.05) is 36.9 Å². The van der Waals surface area contributed by atoms with Gasteiger partial charge in [-0.2, -0.15) is 0 Å². The molecule has 0 aromatic heterocycles. The van der Waals surface area contributed by atoms with Gasteiger partial charge in [-0.05, 0) is 51.6 Å². The van der Waals surface area contributed by atoms with Crippen LogP contribution < -0.4 is 5.32 Å². The lowest BCUT2D eigenvalue weighted by Gasteiger charge is -2.44. The van der Waals surface area contributed by atoms with E-state index >= 15 is 0 Å². The Morgan fingerprint density at radius 3 is 2.52 bits per heavy atom. The fraction of sp³-hybridized carbons (Fsp3) is 0.647. The number of nitrogens with zero attached hydrogens (tertiary/aromatic N) is 1. The van der Waals surface area contributed by atoms with Crippen LogP contribution in [-0.2, 0) is 0 Å². The maximum atomic E-state index is 13.2. The Morgan fingerprint density at radius 1 is 1.29 bits per heavy atom. The molecule has 1 aliphatic carbocycles. The summed E-state index contributed by atoms with van der Waals surface area (Å²) in [6, 6.07) is 5.14. The van der Waals surface area contributed by atoms with Crippen LogP contribution in [0, 0.1) is 5.82 Å². The molecule has 0 saturated heterocycles. The first-order valence-corrected chi connectivity index (χ1v) is 8.18. The Bertz CT molecular complexity index is 470. The number of hydrogen-bond acceptors (Lipinski definition) is 2. The van der Waals surface area contributed by atoms with Crippen LogP contribution in [0.4, 0.5) is 4.39 Å². The monoisotopic (exact) mass is 312 g/mol. The van der Waals surface area contributed by atoms with Gasteiger partial charge in [0.25, 0.3) is 0 Å². The second-order valence-electron chi connectivity index (χ2n) is 6.46. The van der Waals surface area contributed by atoms with Crippen LogP contribution in [0.15, 0.2) is 18.2 Å². The SMILES string of the molecule is CC(NCC1(N(C)C)CCCCC1)c1ccc(F)c(Cl)c1. The Balaban J connectivity index is 2.01. The first-order valence-electron chi connectivity index (χ1n) is 7.80. The lowest BCUT2D eigenvalue weighted by Crippen LogP contribution is -2.53. The third-order valence-corrected chi connectivity index (χ3v) is 5.20. The lowest BCUT2D eigenvalue weighted by molar-refractivity contribution is 0.0958. The first kappa shape index (κ1) is 16.7. The fourth-order valence-corrected chi connectivity index (χ4v) is 3.42. The van der Waals surface area contributed by atoms with Crippen LogP contribution >= 0.6 is 11.6 Å². The highest BCUT2D eigenvalue weighted by Gasteiger charge is 2.34. The minimum atomic E-state index is -0.357. The number of hydrogen-bond donors (Lipinski definition) is 1. The molecule has 0 spiro atoms. The smallest absolute Gasteiger partial charge is 0.141 e. The van der Waals surface area contributed by atoms with Crippen LogP contribution in [-0.4, -0.2) is 31.1 Å². The molecule has 2 nitrogen and oxygen atoms in total. The summed E-state index contributed by atoms with van der Waals surface area (Å²) in [5.41, 5.74) is 1.28. The molecule has 21 heavy (non-hydrogen) atoms. The molecule has 0 radical (unpaired) electrons. The molecule has 1 atom stereocenters. The Morgan fingerprint density at radius 2 is 1.95 bits per heavy atom. The van der Waals surface area contributed by atoms with Crippen molar-refractivity contribution in [3.05, 3.63) is 34.6 Å². The predicted molar refractivity (Wildman–Crippen MR) is 87.3 cm³/mol. The minimum absolute atomic E-state index is 0.168. The number of likely N-dealkylation sites (N-methyl/N-ethyl adjacent to an activating group) is 1. The van der Waals surface area contributed by atoms with Gasteiger partial charge in [-0.3, -0.25) is 0 Å². The van der Waals surface area contributed by atoms with Gasteiger partial charge >= 0.3 is 0 Å². The number of nitrogens with one attached hydrogen (secondary N) is 1. The zero-order valence-electron chi connectivity index (χ0n) is 13.3. The van der Waals surface area contributed by atoms with Crippen LogP contribution in [0.5, 0.6) is 0 Å². The van der Waals surface area contributed by atoms with Gasteiger partial charge in [-0.15, -0.1) is 0 Å². The van der Waals surface area contributed by atoms with Gasteiger partial charge < -0.3 is 10.2 Å². The molecule has 0 amide bonds. The molecule has 2 rings (SSSR count). The molecule has 1 fully saturated rings. The third kappa shape index (κ3) is 3.97. The highest BCUT2D eigenvalue weighted by Crippen LogP contribution is 2.32. The summed E-state index contributed by atoms with van der Waals surface area (Å²) in [5.74, 6) is -0.357. The summed E-state index contributed by atoms with van der Waals surface area (Å²) >= 11 is 5.87. The van der Waals surface area contributed by atoms with E-state index in [0.29, 0.717) is 0 Å². The molecule has 118 valence electrons. The largest absolute Gasteiger partial charge is 0.308 e. The second kappa shape index (κ2) is 7.08. The van der Waals surface area contributed by atoms with Crippen molar-refractivity contribution in [1.82, 2.24) is 10.2 Å². The maximum absolute atomic E-state index is 13.2. The van der Waals surface area contributed by atoms with Crippen LogP contribution in [0.1, 0.15) is 50.6 Å². The van der Waals surface area contributed by atoms with Crippen molar-refractivity contribution >= 4 is 11.6 Å². The molecule has 0 heterocycles. The van der Waals surface area contributed by atoms with E-state index in [1.165, 1.54) is 38.2 Å². The van der Waals surface area contributed by atoms with E-state index in [1.807, 2.05) is 6.07 Å². The van der Waals surface area contributed by atoms with Gasteiger partial charge in [0.05, 0.1) is 5.02 Å². The zero-order chi connectivity index (χ0) is 15.5. The molecule has 0 bridgehead atoms. The van der Waals surface area contributed by atoms with Crippen molar-refractivity contribution in [1.29, 1.82) is 0 Å². The van der Waals surface area contributed by atoms with E-state index in [0.717, 1.165) is 12.1 Å². The van der Waals surface area contributed by atoms with Gasteiger partial charge in [0, 0.05) is 18.1 Å². The van der Waals surface area contributed by atoms with E-state index < -0.39 is 0 Å². The maximum Gasteiger partial charge on any atom is 0.141 e. The molecular formula is C17H26ClFN2. The van der Waals surface area contributed by atoms with Crippen LogP contribution in [0.3, 0.4) is 0 Å². The Labute approximate surface area is 132 Å². The minimum Gasteiger partial charge on any atom is -0.308 e. The van der Waals surface area contributed by atoms with E-state index in [9.17, 15) is 4.39 Å². The molecule has 1 aliphatic rings. The highest BCUT2D eigenvalue weighted by molar-refractivity contribution is 6.30. The van der Waals surface area contributed by atoms with Crippen molar-refractivity contribution in [2.75, 3.05) is 20.6 Å². The predicted octanol–water partition coefficient (Wildman–Crippen LogP) is 4.39. The normalized spacial score (nSPS) is 19.7. The number of rotatable bonds is 5. The summed E-state index contributed by atoms with van der Waals surface area (Å²) < 4.78 is 13.2. The van der Waals surface area contributed by atoms with Gasteiger partial charge in [-0.25, -0.2) is 4.39 Å². The molecule has 1 saturated carbocycles. The molecule has 1 unspecified atom stereocenters. The van der Waals surface area contributed by atoms with Crippen molar-refractivity contribution in [3.8, 4) is 0 Å². The van der Waals surface area contributed by atoms with Crippen molar-refractivity contribution in [2.24, 2.45) is 0 Å². The zero-order valence-corrected chi connectivity index (χ0v) is 14.0. The molecule has 1 aromatic rings. The topological polar surface area (TPSA) is 15.3 Å². The fourth-order valence-electron chi connectivity index (χ4n) is 3.23. The summed E-state index contributed by atoms with van der Waals surface area (Å²) in [6.07, 6.45) is 6.43. The van der Waals surface area contributed by atoms with E-state index in [-0.39, 0.29) is 22.4 Å². The average molecular weight is 313 g/mol. The van der Waals surface area contributed by atoms with Gasteiger partial charge in [0.2, 0.25) is 0 Å². The van der Waals surface area contributed by atoms with Crippen molar-refractivity contribution < 1.29 is 4.39 Å². The quantitative estimate of drug-likeness (QED) is 0.867. The highest BCUT2D eigenvalue weighted by atomic mass is 35.5. The Hall–Kier alpha value is -0.640. The second-order valence-corrected chi connectivity index (χ2v) is 6.86. The molecular weight excluding hydrogens is 287 g/mol. The average Bonchev–Trinajstić information content (AvgIpc) is 2.48. The van der Waals surface area contributed by atoms with E-state index in [1.54, 1.807) is 6.07 Å². The molecule has 4 heteroatoms. The van der Waals surface area contributed by atoms with Crippen LogP contribution in [0.2, 0.25) is 5.02 Å². The lowest BCUT2D eigenvalue weighted by atomic mass is 9.80. The third-order valence-electron chi connectivity index (χ3n) is 4.91. The number of benzene rings is 1. The van der Waals surface area contributed by atoms with E-state index in [2.05, 4.69) is 31.2 Å². The van der Waals surface area contributed by atoms with Crippen molar-refractivity contribution in [2.45, 2.75) is 50.6 Å². The van der Waals surface area contributed by atoms with Crippen molar-refractivity contribution in [3.63, 3.8) is 0 Å². The summed E-state index contributed by atoms with van der Waals surface area (Å²) in [4.78, 5) is 2.36. The van der Waals surface area contributed by atoms with Crippen LogP contribution in [0.25, 0.3) is 0 Å². The Kier molecular flexibility index (Phi) is 5.64. The summed E-state index contributed by atoms with van der Waals surface area (Å²) in [7, 11) is 4.35. The van der Waals surface area contributed by atoms with E-state index in [4.69, 9.17) is 11.6 Å².